The summed E-state index contributed by atoms with van der Waals surface area (Å²) < 4.78 is 5.63. The number of benzene rings is 1. The van der Waals surface area contributed by atoms with Crippen LogP contribution in [0.1, 0.15) is 19.3 Å². The van der Waals surface area contributed by atoms with Crippen LogP contribution < -0.4 is 15.4 Å². The Morgan fingerprint density at radius 3 is 2.71 bits per heavy atom. The molecular weight excluding hydrogens is 266 g/mol. The van der Waals surface area contributed by atoms with Gasteiger partial charge in [-0.3, -0.25) is 4.79 Å². The molecule has 1 fully saturated rings. The summed E-state index contributed by atoms with van der Waals surface area (Å²) in [6, 6.07) is 7.48. The second kappa shape index (κ2) is 8.00. The highest BCUT2D eigenvalue weighted by atomic mass is 16.5. The van der Waals surface area contributed by atoms with Gasteiger partial charge in [0.05, 0.1) is 6.04 Å². The Morgan fingerprint density at radius 1 is 1.33 bits per heavy atom. The first-order valence-corrected chi connectivity index (χ1v) is 7.57. The molecule has 116 valence electrons. The Morgan fingerprint density at radius 2 is 2.10 bits per heavy atom. The van der Waals surface area contributed by atoms with Crippen LogP contribution in [0.4, 0.5) is 5.69 Å². The molecule has 1 saturated heterocycles. The van der Waals surface area contributed by atoms with Crippen molar-refractivity contribution in [2.24, 2.45) is 0 Å². The van der Waals surface area contributed by atoms with Gasteiger partial charge in [0.1, 0.15) is 12.4 Å². The quantitative estimate of drug-likeness (QED) is 0.838. The first-order valence-electron chi connectivity index (χ1n) is 7.57. The Balaban J connectivity index is 1.80. The summed E-state index contributed by atoms with van der Waals surface area (Å²) in [6.07, 6.45) is 3.18. The smallest absolute Gasteiger partial charge is 0.241 e. The van der Waals surface area contributed by atoms with Crippen molar-refractivity contribution in [1.29, 1.82) is 0 Å². The van der Waals surface area contributed by atoms with Crippen LogP contribution in [0.2, 0.25) is 0 Å². The fourth-order valence-corrected chi connectivity index (χ4v) is 2.29. The zero-order chi connectivity index (χ0) is 15.1. The van der Waals surface area contributed by atoms with Gasteiger partial charge in [-0.05, 0) is 57.7 Å². The molecule has 2 N–H and O–H groups in total. The maximum Gasteiger partial charge on any atom is 0.241 e. The zero-order valence-electron chi connectivity index (χ0n) is 12.9. The van der Waals surface area contributed by atoms with Crippen LogP contribution in [0.15, 0.2) is 24.3 Å². The normalized spacial score (nSPS) is 18.5. The number of hydrogen-bond acceptors (Lipinski definition) is 4. The molecule has 5 nitrogen and oxygen atoms in total. The molecule has 5 heteroatoms. The van der Waals surface area contributed by atoms with E-state index >= 15 is 0 Å². The number of carbonyl (C=O) groups is 1. The minimum Gasteiger partial charge on any atom is -0.492 e. The molecule has 1 heterocycles. The van der Waals surface area contributed by atoms with Crippen molar-refractivity contribution in [2.45, 2.75) is 25.3 Å². The topological polar surface area (TPSA) is 53.6 Å². The molecule has 21 heavy (non-hydrogen) atoms. The highest BCUT2D eigenvalue weighted by Crippen LogP contribution is 2.17. The molecule has 0 radical (unpaired) electrons. The van der Waals surface area contributed by atoms with E-state index in [2.05, 4.69) is 15.5 Å². The van der Waals surface area contributed by atoms with Crippen LogP contribution in [0.3, 0.4) is 0 Å². The van der Waals surface area contributed by atoms with Gasteiger partial charge in [0, 0.05) is 12.2 Å². The van der Waals surface area contributed by atoms with Crippen molar-refractivity contribution < 1.29 is 9.53 Å². The molecule has 1 aliphatic rings. The summed E-state index contributed by atoms with van der Waals surface area (Å²) in [7, 11) is 4.03. The summed E-state index contributed by atoms with van der Waals surface area (Å²) in [6.45, 7) is 2.47. The Kier molecular flexibility index (Phi) is 6.02. The van der Waals surface area contributed by atoms with E-state index in [0.29, 0.717) is 6.61 Å². The predicted octanol–water partition coefficient (Wildman–Crippen LogP) is 1.71. The van der Waals surface area contributed by atoms with Crippen LogP contribution in [0, 0.1) is 0 Å². The summed E-state index contributed by atoms with van der Waals surface area (Å²) in [5, 5.41) is 6.20. The van der Waals surface area contributed by atoms with E-state index in [4.69, 9.17) is 4.74 Å². The van der Waals surface area contributed by atoms with E-state index in [1.165, 1.54) is 0 Å². The average Bonchev–Trinajstić information content (AvgIpc) is 2.49. The molecule has 1 atom stereocenters. The minimum atomic E-state index is -0.0604. The van der Waals surface area contributed by atoms with Gasteiger partial charge in [-0.15, -0.1) is 0 Å². The maximum atomic E-state index is 12.1. The third kappa shape index (κ3) is 5.36. The van der Waals surface area contributed by atoms with Gasteiger partial charge in [-0.1, -0.05) is 6.42 Å². The van der Waals surface area contributed by atoms with Crippen LogP contribution in [-0.2, 0) is 4.79 Å². The van der Waals surface area contributed by atoms with Gasteiger partial charge in [0.15, 0.2) is 0 Å². The van der Waals surface area contributed by atoms with Gasteiger partial charge >= 0.3 is 0 Å². The number of amides is 1. The average molecular weight is 291 g/mol. The van der Waals surface area contributed by atoms with E-state index < -0.39 is 0 Å². The molecule has 2 rings (SSSR count). The second-order valence-electron chi connectivity index (χ2n) is 5.67. The maximum absolute atomic E-state index is 12.1. The van der Waals surface area contributed by atoms with Gasteiger partial charge in [0.2, 0.25) is 5.91 Å². The Labute approximate surface area is 126 Å². The Hall–Kier alpha value is -1.59. The number of ether oxygens (including phenoxy) is 1. The van der Waals surface area contributed by atoms with E-state index in [-0.39, 0.29) is 11.9 Å². The van der Waals surface area contributed by atoms with Crippen molar-refractivity contribution in [3.05, 3.63) is 24.3 Å². The monoisotopic (exact) mass is 291 g/mol. The van der Waals surface area contributed by atoms with Crippen LogP contribution >= 0.6 is 0 Å². The number of anilines is 1. The molecule has 0 bridgehead atoms. The lowest BCUT2D eigenvalue weighted by Crippen LogP contribution is -2.43. The van der Waals surface area contributed by atoms with Crippen molar-refractivity contribution in [3.63, 3.8) is 0 Å². The van der Waals surface area contributed by atoms with E-state index in [0.717, 1.165) is 43.8 Å². The SMILES string of the molecule is CN(C)CCOc1ccc(NC(=O)C2CCCCN2)cc1. The standard InChI is InChI=1S/C16H25N3O2/c1-19(2)11-12-21-14-8-6-13(7-9-14)18-16(20)15-5-3-4-10-17-15/h6-9,15,17H,3-5,10-12H2,1-2H3,(H,18,20). The summed E-state index contributed by atoms with van der Waals surface area (Å²) in [5.41, 5.74) is 0.812. The van der Waals surface area contributed by atoms with Gasteiger partial charge in [-0.25, -0.2) is 0 Å². The first kappa shape index (κ1) is 15.8. The molecule has 0 spiro atoms. The number of hydrogen-bond donors (Lipinski definition) is 2. The summed E-state index contributed by atoms with van der Waals surface area (Å²) in [4.78, 5) is 14.2. The lowest BCUT2D eigenvalue weighted by molar-refractivity contribution is -0.118. The van der Waals surface area contributed by atoms with E-state index in [9.17, 15) is 4.79 Å². The van der Waals surface area contributed by atoms with Crippen LogP contribution in [0.25, 0.3) is 0 Å². The number of nitrogens with zero attached hydrogens (tertiary/aromatic N) is 1. The molecule has 0 saturated carbocycles. The second-order valence-corrected chi connectivity index (χ2v) is 5.67. The molecule has 1 unspecified atom stereocenters. The third-order valence-electron chi connectivity index (χ3n) is 3.56. The van der Waals surface area contributed by atoms with Gasteiger partial charge in [-0.2, -0.15) is 0 Å². The minimum absolute atomic E-state index is 0.0518. The van der Waals surface area contributed by atoms with Gasteiger partial charge < -0.3 is 20.3 Å². The van der Waals surface area contributed by atoms with E-state index in [1.54, 1.807) is 0 Å². The predicted molar refractivity (Wildman–Crippen MR) is 84.8 cm³/mol. The largest absolute Gasteiger partial charge is 0.492 e. The number of nitrogens with one attached hydrogen (secondary N) is 2. The van der Waals surface area contributed by atoms with Crippen molar-refractivity contribution in [3.8, 4) is 5.75 Å². The highest BCUT2D eigenvalue weighted by molar-refractivity contribution is 5.94. The first-order chi connectivity index (χ1) is 10.1. The van der Waals surface area contributed by atoms with Gasteiger partial charge in [0.25, 0.3) is 0 Å². The number of rotatable bonds is 6. The number of likely N-dealkylation sites (N-methyl/N-ethyl adjacent to an activating group) is 1. The molecule has 1 aromatic rings. The zero-order valence-corrected chi connectivity index (χ0v) is 12.9. The van der Waals surface area contributed by atoms with Crippen molar-refractivity contribution >= 4 is 11.6 Å². The molecule has 1 aliphatic heterocycles. The number of piperidine rings is 1. The van der Waals surface area contributed by atoms with Crippen molar-refractivity contribution in [1.82, 2.24) is 10.2 Å². The summed E-state index contributed by atoms with van der Waals surface area (Å²) in [5.74, 6) is 0.876. The lowest BCUT2D eigenvalue weighted by atomic mass is 10.0. The molecule has 1 aromatic carbocycles. The fourth-order valence-electron chi connectivity index (χ4n) is 2.29. The molecule has 0 aromatic heterocycles. The molecule has 0 aliphatic carbocycles. The van der Waals surface area contributed by atoms with Crippen LogP contribution in [0.5, 0.6) is 5.75 Å². The summed E-state index contributed by atoms with van der Waals surface area (Å²) >= 11 is 0. The third-order valence-corrected chi connectivity index (χ3v) is 3.56. The lowest BCUT2D eigenvalue weighted by Gasteiger charge is -2.22. The molecular formula is C16H25N3O2. The Bertz CT molecular complexity index is 439. The molecule has 1 amide bonds. The number of carbonyl (C=O) groups excluding carboxylic acids is 1. The van der Waals surface area contributed by atoms with Crippen LogP contribution in [-0.4, -0.2) is 50.6 Å². The highest BCUT2D eigenvalue weighted by Gasteiger charge is 2.20. The fraction of sp³-hybridized carbons (Fsp3) is 0.562. The van der Waals surface area contributed by atoms with Crippen molar-refractivity contribution in [2.75, 3.05) is 39.1 Å². The van der Waals surface area contributed by atoms with E-state index in [1.807, 2.05) is 38.4 Å².